The SMILES string of the molecule is CCS(=O)c1nc2csc(C(=O)OC)c2n1Cc1ccc(-c2ccccc2C#N)cc1. The third-order valence-corrected chi connectivity index (χ3v) is 7.13. The number of methoxy groups -OCH3 is 1. The molecule has 0 fully saturated rings. The summed E-state index contributed by atoms with van der Waals surface area (Å²) in [7, 11) is 0.0645. The number of nitrogens with zero attached hydrogens (tertiary/aromatic N) is 3. The van der Waals surface area contributed by atoms with Gasteiger partial charge < -0.3 is 9.30 Å². The van der Waals surface area contributed by atoms with Gasteiger partial charge in [0.05, 0.1) is 41.6 Å². The molecule has 4 aromatic rings. The van der Waals surface area contributed by atoms with Crippen molar-refractivity contribution >= 4 is 39.1 Å². The summed E-state index contributed by atoms with van der Waals surface area (Å²) >= 11 is 1.27. The van der Waals surface area contributed by atoms with Gasteiger partial charge in [-0.25, -0.2) is 9.78 Å². The van der Waals surface area contributed by atoms with Gasteiger partial charge in [-0.05, 0) is 22.8 Å². The Labute approximate surface area is 186 Å². The summed E-state index contributed by atoms with van der Waals surface area (Å²) < 4.78 is 19.4. The molecule has 1 unspecified atom stereocenters. The second kappa shape index (κ2) is 8.84. The molecule has 0 saturated heterocycles. The van der Waals surface area contributed by atoms with E-state index in [1.807, 2.05) is 54.0 Å². The number of fused-ring (bicyclic) bond motifs is 1. The zero-order valence-electron chi connectivity index (χ0n) is 17.0. The van der Waals surface area contributed by atoms with Gasteiger partial charge in [-0.1, -0.05) is 49.4 Å². The van der Waals surface area contributed by atoms with Gasteiger partial charge in [0.15, 0.2) is 5.16 Å². The van der Waals surface area contributed by atoms with Crippen molar-refractivity contribution in [2.24, 2.45) is 0 Å². The van der Waals surface area contributed by atoms with Crippen LogP contribution in [0.2, 0.25) is 0 Å². The Kier molecular flexibility index (Phi) is 5.98. The number of thiophene rings is 1. The van der Waals surface area contributed by atoms with Crippen molar-refractivity contribution in [3.63, 3.8) is 0 Å². The number of ether oxygens (including phenoxy) is 1. The summed E-state index contributed by atoms with van der Waals surface area (Å²) in [6.45, 7) is 2.25. The van der Waals surface area contributed by atoms with Gasteiger partial charge in [-0.2, -0.15) is 5.26 Å². The highest BCUT2D eigenvalue weighted by Crippen LogP contribution is 2.30. The Morgan fingerprint density at radius 1 is 1.23 bits per heavy atom. The summed E-state index contributed by atoms with van der Waals surface area (Å²) in [5, 5.41) is 11.6. The molecule has 0 N–H and O–H groups in total. The lowest BCUT2D eigenvalue weighted by Crippen LogP contribution is -2.10. The second-order valence-corrected chi connectivity index (χ2v) is 9.27. The predicted molar refractivity (Wildman–Crippen MR) is 122 cm³/mol. The van der Waals surface area contributed by atoms with Crippen LogP contribution in [0.15, 0.2) is 59.1 Å². The van der Waals surface area contributed by atoms with Crippen molar-refractivity contribution in [2.45, 2.75) is 18.6 Å². The minimum atomic E-state index is -1.28. The molecule has 2 aromatic carbocycles. The van der Waals surface area contributed by atoms with Gasteiger partial charge in [0.1, 0.15) is 10.4 Å². The fraction of sp³-hybridized carbons (Fsp3) is 0.174. The number of esters is 1. The number of imidazole rings is 1. The van der Waals surface area contributed by atoms with Crippen molar-refractivity contribution in [3.05, 3.63) is 69.9 Å². The quantitative estimate of drug-likeness (QED) is 0.402. The standard InChI is InChI=1S/C23H19N3O3S2/c1-3-31(28)23-25-19-14-30-21(22(27)29-2)20(19)26(23)13-15-8-10-16(11-9-15)18-7-5-4-6-17(18)12-24/h4-11,14H,3,13H2,1-2H3. The summed E-state index contributed by atoms with van der Waals surface area (Å²) in [6.07, 6.45) is 0. The lowest BCUT2D eigenvalue weighted by molar-refractivity contribution is 0.0608. The van der Waals surface area contributed by atoms with Gasteiger partial charge in [0, 0.05) is 11.1 Å². The van der Waals surface area contributed by atoms with E-state index in [0.29, 0.717) is 38.9 Å². The molecule has 0 amide bonds. The van der Waals surface area contributed by atoms with Gasteiger partial charge in [0.2, 0.25) is 0 Å². The first-order valence-corrected chi connectivity index (χ1v) is 11.8. The maximum Gasteiger partial charge on any atom is 0.350 e. The van der Waals surface area contributed by atoms with Crippen molar-refractivity contribution < 1.29 is 13.7 Å². The summed E-state index contributed by atoms with van der Waals surface area (Å²) in [4.78, 5) is 17.2. The van der Waals surface area contributed by atoms with Crippen LogP contribution in [0.3, 0.4) is 0 Å². The summed E-state index contributed by atoms with van der Waals surface area (Å²) in [5.41, 5.74) is 4.69. The number of carbonyl (C=O) groups is 1. The van der Waals surface area contributed by atoms with Crippen LogP contribution in [0.5, 0.6) is 0 Å². The molecule has 0 spiro atoms. The molecule has 2 aromatic heterocycles. The fourth-order valence-corrected chi connectivity index (χ4v) is 5.19. The van der Waals surface area contributed by atoms with E-state index in [4.69, 9.17) is 4.74 Å². The summed E-state index contributed by atoms with van der Waals surface area (Å²) in [6, 6.07) is 17.6. The number of carbonyl (C=O) groups excluding carboxylic acids is 1. The minimum Gasteiger partial charge on any atom is -0.465 e. The van der Waals surface area contributed by atoms with Gasteiger partial charge in [0.25, 0.3) is 0 Å². The monoisotopic (exact) mass is 449 g/mol. The maximum absolute atomic E-state index is 12.6. The van der Waals surface area contributed by atoms with Crippen molar-refractivity contribution in [3.8, 4) is 17.2 Å². The Balaban J connectivity index is 1.76. The molecule has 6 nitrogen and oxygen atoms in total. The zero-order chi connectivity index (χ0) is 22.0. The van der Waals surface area contributed by atoms with Crippen LogP contribution in [-0.4, -0.2) is 32.6 Å². The molecule has 0 radical (unpaired) electrons. The van der Waals surface area contributed by atoms with E-state index in [0.717, 1.165) is 16.7 Å². The van der Waals surface area contributed by atoms with Crippen molar-refractivity contribution in [1.29, 1.82) is 5.26 Å². The van der Waals surface area contributed by atoms with Gasteiger partial charge in [-0.15, -0.1) is 11.3 Å². The smallest absolute Gasteiger partial charge is 0.350 e. The fourth-order valence-electron chi connectivity index (χ4n) is 3.43. The Bertz CT molecular complexity index is 1330. The highest BCUT2D eigenvalue weighted by Gasteiger charge is 2.23. The number of aromatic nitrogens is 2. The largest absolute Gasteiger partial charge is 0.465 e. The number of nitriles is 1. The van der Waals surface area contributed by atoms with E-state index in [2.05, 4.69) is 11.1 Å². The van der Waals surface area contributed by atoms with Crippen LogP contribution in [-0.2, 0) is 22.1 Å². The van der Waals surface area contributed by atoms with Crippen LogP contribution in [0.25, 0.3) is 22.2 Å². The van der Waals surface area contributed by atoms with Crippen molar-refractivity contribution in [1.82, 2.24) is 9.55 Å². The van der Waals surface area contributed by atoms with E-state index in [1.54, 1.807) is 11.4 Å². The molecule has 0 saturated carbocycles. The Hall–Kier alpha value is -3.28. The van der Waals surface area contributed by atoms with Gasteiger partial charge >= 0.3 is 5.97 Å². The summed E-state index contributed by atoms with van der Waals surface area (Å²) in [5.74, 6) is -0.000974. The maximum atomic E-state index is 12.6. The lowest BCUT2D eigenvalue weighted by Gasteiger charge is -2.11. The second-order valence-electron chi connectivity index (χ2n) is 6.76. The van der Waals surface area contributed by atoms with Crippen molar-refractivity contribution in [2.75, 3.05) is 12.9 Å². The molecule has 31 heavy (non-hydrogen) atoms. The van der Waals surface area contributed by atoms with E-state index < -0.39 is 16.8 Å². The van der Waals surface area contributed by atoms with Crippen LogP contribution >= 0.6 is 11.3 Å². The molecule has 2 heterocycles. The molecular formula is C23H19N3O3S2. The molecular weight excluding hydrogens is 430 g/mol. The molecule has 0 bridgehead atoms. The Morgan fingerprint density at radius 3 is 2.65 bits per heavy atom. The number of hydrogen-bond donors (Lipinski definition) is 0. The topological polar surface area (TPSA) is 85.0 Å². The first kappa shape index (κ1) is 21.0. The van der Waals surface area contributed by atoms with Crippen LogP contribution < -0.4 is 0 Å². The molecule has 8 heteroatoms. The molecule has 156 valence electrons. The first-order valence-electron chi connectivity index (χ1n) is 9.60. The van der Waals surface area contributed by atoms with Crippen LogP contribution in [0.1, 0.15) is 27.7 Å². The van der Waals surface area contributed by atoms with E-state index in [9.17, 15) is 14.3 Å². The average Bonchev–Trinajstić information content (AvgIpc) is 3.38. The first-order chi connectivity index (χ1) is 15.1. The number of rotatable bonds is 6. The lowest BCUT2D eigenvalue weighted by atomic mass is 9.99. The molecule has 0 aliphatic carbocycles. The predicted octanol–water partition coefficient (Wildman–Crippen LogP) is 4.60. The van der Waals surface area contributed by atoms with E-state index in [-0.39, 0.29) is 0 Å². The number of hydrogen-bond acceptors (Lipinski definition) is 6. The third kappa shape index (κ3) is 3.90. The normalized spacial score (nSPS) is 11.9. The average molecular weight is 450 g/mol. The Morgan fingerprint density at radius 2 is 1.97 bits per heavy atom. The third-order valence-electron chi connectivity index (χ3n) is 4.95. The minimum absolute atomic E-state index is 0.415. The van der Waals surface area contributed by atoms with Crippen LogP contribution in [0.4, 0.5) is 0 Å². The molecule has 1 atom stereocenters. The van der Waals surface area contributed by atoms with E-state index >= 15 is 0 Å². The molecule has 0 aliphatic rings. The molecule has 4 rings (SSSR count). The molecule has 0 aliphatic heterocycles. The van der Waals surface area contributed by atoms with Gasteiger partial charge in [-0.3, -0.25) is 4.21 Å². The highest BCUT2D eigenvalue weighted by atomic mass is 32.2. The van der Waals surface area contributed by atoms with Crippen LogP contribution in [0, 0.1) is 11.3 Å². The number of benzene rings is 2. The van der Waals surface area contributed by atoms with E-state index in [1.165, 1.54) is 18.4 Å². The zero-order valence-corrected chi connectivity index (χ0v) is 18.6. The highest BCUT2D eigenvalue weighted by molar-refractivity contribution is 7.84.